The van der Waals surface area contributed by atoms with Crippen molar-refractivity contribution < 1.29 is 14.3 Å². The third-order valence-electron chi connectivity index (χ3n) is 3.42. The summed E-state index contributed by atoms with van der Waals surface area (Å²) in [4.78, 5) is 27.9. The van der Waals surface area contributed by atoms with E-state index in [-0.39, 0.29) is 5.91 Å². The molecule has 24 heavy (non-hydrogen) atoms. The Morgan fingerprint density at radius 1 is 0.958 bits per heavy atom. The molecular weight excluding hydrogens is 306 g/mol. The highest BCUT2D eigenvalue weighted by Gasteiger charge is 2.09. The van der Waals surface area contributed by atoms with Crippen LogP contribution in [0.3, 0.4) is 0 Å². The van der Waals surface area contributed by atoms with E-state index in [2.05, 4.69) is 20.4 Å². The minimum atomic E-state index is -0.588. The Kier molecular flexibility index (Phi) is 4.38. The van der Waals surface area contributed by atoms with Crippen LogP contribution in [-0.2, 0) is 4.74 Å². The van der Waals surface area contributed by atoms with Crippen LogP contribution in [0.4, 0.5) is 16.2 Å². The van der Waals surface area contributed by atoms with E-state index in [0.717, 1.165) is 10.9 Å². The summed E-state index contributed by atoms with van der Waals surface area (Å²) < 4.78 is 4.53. The Morgan fingerprint density at radius 3 is 2.62 bits per heavy atom. The van der Waals surface area contributed by atoms with Crippen LogP contribution in [0, 0.1) is 0 Å². The number of rotatable bonds is 3. The molecule has 0 saturated carbocycles. The van der Waals surface area contributed by atoms with Crippen LogP contribution in [-0.4, -0.2) is 24.1 Å². The van der Waals surface area contributed by atoms with E-state index in [4.69, 9.17) is 0 Å². The number of hydrogen-bond donors (Lipinski definition) is 2. The number of fused-ring (bicyclic) bond motifs is 1. The fourth-order valence-corrected chi connectivity index (χ4v) is 2.26. The van der Waals surface area contributed by atoms with Crippen molar-refractivity contribution in [2.75, 3.05) is 17.7 Å². The maximum atomic E-state index is 12.4. The van der Waals surface area contributed by atoms with Gasteiger partial charge in [0.1, 0.15) is 0 Å². The number of amides is 2. The van der Waals surface area contributed by atoms with Crippen molar-refractivity contribution in [3.63, 3.8) is 0 Å². The number of carbonyl (C=O) groups excluding carboxylic acids is 2. The molecule has 0 aliphatic carbocycles. The van der Waals surface area contributed by atoms with Crippen molar-refractivity contribution in [3.8, 4) is 0 Å². The number of nitrogens with one attached hydrogen (secondary N) is 2. The molecule has 6 heteroatoms. The van der Waals surface area contributed by atoms with Gasteiger partial charge in [-0.15, -0.1) is 0 Å². The molecule has 120 valence electrons. The molecule has 0 radical (unpaired) electrons. The molecule has 0 atom stereocenters. The molecule has 0 unspecified atom stereocenters. The second-order valence-corrected chi connectivity index (χ2v) is 5.06. The lowest BCUT2D eigenvalue weighted by molar-refractivity contribution is 0.102. The lowest BCUT2D eigenvalue weighted by atomic mass is 10.1. The maximum absolute atomic E-state index is 12.4. The summed E-state index contributed by atoms with van der Waals surface area (Å²) >= 11 is 0. The van der Waals surface area contributed by atoms with Crippen molar-refractivity contribution in [1.29, 1.82) is 0 Å². The minimum Gasteiger partial charge on any atom is -0.453 e. The highest BCUT2D eigenvalue weighted by atomic mass is 16.5. The summed E-state index contributed by atoms with van der Waals surface area (Å²) in [6, 6.07) is 15.9. The molecule has 1 aromatic heterocycles. The van der Waals surface area contributed by atoms with Crippen molar-refractivity contribution >= 4 is 34.3 Å². The number of anilines is 2. The first-order valence-corrected chi connectivity index (χ1v) is 7.27. The van der Waals surface area contributed by atoms with Gasteiger partial charge < -0.3 is 10.1 Å². The number of ether oxygens (including phenoxy) is 1. The van der Waals surface area contributed by atoms with Gasteiger partial charge in [-0.3, -0.25) is 15.1 Å². The number of hydrogen-bond acceptors (Lipinski definition) is 4. The molecule has 1 heterocycles. The number of nitrogens with zero attached hydrogens (tertiary/aromatic N) is 1. The smallest absolute Gasteiger partial charge is 0.411 e. The number of carbonyl (C=O) groups is 2. The molecule has 0 saturated heterocycles. The Bertz CT molecular complexity index is 909. The minimum absolute atomic E-state index is 0.272. The molecule has 0 aliphatic rings. The molecule has 3 aromatic rings. The number of benzene rings is 2. The van der Waals surface area contributed by atoms with Crippen molar-refractivity contribution in [2.24, 2.45) is 0 Å². The Balaban J connectivity index is 1.78. The predicted molar refractivity (Wildman–Crippen MR) is 92.2 cm³/mol. The van der Waals surface area contributed by atoms with Crippen LogP contribution in [0.1, 0.15) is 10.4 Å². The van der Waals surface area contributed by atoms with Gasteiger partial charge in [0.15, 0.2) is 0 Å². The van der Waals surface area contributed by atoms with Gasteiger partial charge in [0, 0.05) is 28.5 Å². The van der Waals surface area contributed by atoms with E-state index < -0.39 is 6.09 Å². The molecular formula is C18H15N3O3. The zero-order chi connectivity index (χ0) is 16.9. The van der Waals surface area contributed by atoms with Crippen molar-refractivity contribution in [1.82, 2.24) is 4.98 Å². The molecule has 0 fully saturated rings. The first-order chi connectivity index (χ1) is 11.7. The quantitative estimate of drug-likeness (QED) is 0.771. The SMILES string of the molecule is COC(=O)Nc1cccc(C(=O)Nc2ccc3ncccc3c2)c1. The summed E-state index contributed by atoms with van der Waals surface area (Å²) in [5.41, 5.74) is 2.44. The normalized spacial score (nSPS) is 10.2. The third-order valence-corrected chi connectivity index (χ3v) is 3.42. The Hall–Kier alpha value is -3.41. The Labute approximate surface area is 138 Å². The lowest BCUT2D eigenvalue weighted by Crippen LogP contribution is -2.14. The zero-order valence-electron chi connectivity index (χ0n) is 12.9. The predicted octanol–water partition coefficient (Wildman–Crippen LogP) is 3.67. The number of aromatic nitrogens is 1. The molecule has 3 rings (SSSR count). The summed E-state index contributed by atoms with van der Waals surface area (Å²) in [6.07, 6.45) is 1.13. The van der Waals surface area contributed by atoms with E-state index in [1.807, 2.05) is 24.3 Å². The zero-order valence-corrected chi connectivity index (χ0v) is 12.9. The average Bonchev–Trinajstić information content (AvgIpc) is 2.61. The van der Waals surface area contributed by atoms with Gasteiger partial charge in [-0.2, -0.15) is 0 Å². The van der Waals surface area contributed by atoms with E-state index in [9.17, 15) is 9.59 Å². The van der Waals surface area contributed by atoms with Crippen LogP contribution in [0.5, 0.6) is 0 Å². The van der Waals surface area contributed by atoms with Gasteiger partial charge in [0.05, 0.1) is 12.6 Å². The molecule has 0 spiro atoms. The second-order valence-electron chi connectivity index (χ2n) is 5.06. The van der Waals surface area contributed by atoms with Crippen molar-refractivity contribution in [3.05, 3.63) is 66.4 Å². The van der Waals surface area contributed by atoms with E-state index in [0.29, 0.717) is 16.9 Å². The largest absolute Gasteiger partial charge is 0.453 e. The maximum Gasteiger partial charge on any atom is 0.411 e. The standard InChI is InChI=1S/C18H15N3O3/c1-24-18(23)21-14-6-2-4-13(11-14)17(22)20-15-7-8-16-12(10-15)5-3-9-19-16/h2-11H,1H3,(H,20,22)(H,21,23). The summed E-state index contributed by atoms with van der Waals surface area (Å²) in [7, 11) is 1.28. The van der Waals surface area contributed by atoms with Gasteiger partial charge in [0.2, 0.25) is 0 Å². The fourth-order valence-electron chi connectivity index (χ4n) is 2.26. The molecule has 2 aromatic carbocycles. The van der Waals surface area contributed by atoms with Crippen LogP contribution < -0.4 is 10.6 Å². The highest BCUT2D eigenvalue weighted by Crippen LogP contribution is 2.18. The summed E-state index contributed by atoms with van der Waals surface area (Å²) in [5, 5.41) is 6.30. The third kappa shape index (κ3) is 3.49. The number of pyridine rings is 1. The fraction of sp³-hybridized carbons (Fsp3) is 0.0556. The molecule has 2 amide bonds. The molecule has 6 nitrogen and oxygen atoms in total. The monoisotopic (exact) mass is 321 g/mol. The second kappa shape index (κ2) is 6.78. The first kappa shape index (κ1) is 15.5. The van der Waals surface area contributed by atoms with Gasteiger partial charge in [-0.05, 0) is 42.5 Å². The molecule has 0 bridgehead atoms. The van der Waals surface area contributed by atoms with Crippen LogP contribution >= 0.6 is 0 Å². The van der Waals surface area contributed by atoms with Gasteiger partial charge >= 0.3 is 6.09 Å². The molecule has 2 N–H and O–H groups in total. The van der Waals surface area contributed by atoms with E-state index in [1.165, 1.54) is 7.11 Å². The summed E-state index contributed by atoms with van der Waals surface area (Å²) in [6.45, 7) is 0. The van der Waals surface area contributed by atoms with Gasteiger partial charge in [0.25, 0.3) is 5.91 Å². The average molecular weight is 321 g/mol. The van der Waals surface area contributed by atoms with Gasteiger partial charge in [-0.1, -0.05) is 12.1 Å². The number of methoxy groups -OCH3 is 1. The van der Waals surface area contributed by atoms with E-state index in [1.54, 1.807) is 36.5 Å². The van der Waals surface area contributed by atoms with Gasteiger partial charge in [-0.25, -0.2) is 4.79 Å². The topological polar surface area (TPSA) is 80.3 Å². The Morgan fingerprint density at radius 2 is 1.79 bits per heavy atom. The van der Waals surface area contributed by atoms with Crippen LogP contribution in [0.25, 0.3) is 10.9 Å². The molecule has 0 aliphatic heterocycles. The summed E-state index contributed by atoms with van der Waals surface area (Å²) in [5.74, 6) is -0.272. The lowest BCUT2D eigenvalue weighted by Gasteiger charge is -2.08. The van der Waals surface area contributed by atoms with Crippen LogP contribution in [0.15, 0.2) is 60.8 Å². The van der Waals surface area contributed by atoms with Crippen molar-refractivity contribution in [2.45, 2.75) is 0 Å². The first-order valence-electron chi connectivity index (χ1n) is 7.27. The van der Waals surface area contributed by atoms with Crippen LogP contribution in [0.2, 0.25) is 0 Å². The highest BCUT2D eigenvalue weighted by molar-refractivity contribution is 6.06. The van der Waals surface area contributed by atoms with E-state index >= 15 is 0 Å².